The first-order chi connectivity index (χ1) is 45.4. The summed E-state index contributed by atoms with van der Waals surface area (Å²) in [7, 11) is 3.54. The van der Waals surface area contributed by atoms with E-state index >= 15 is 9.59 Å². The Morgan fingerprint density at radius 1 is 0.882 bits per heavy atom. The van der Waals surface area contributed by atoms with E-state index in [0.29, 0.717) is 85.6 Å². The van der Waals surface area contributed by atoms with Crippen LogP contribution in [0.3, 0.4) is 0 Å². The molecular formula is C76H92N6O9S2. The van der Waals surface area contributed by atoms with Crippen molar-refractivity contribution < 1.29 is 44.0 Å². The summed E-state index contributed by atoms with van der Waals surface area (Å²) >= 11 is 0. The van der Waals surface area contributed by atoms with E-state index < -0.39 is 35.4 Å². The fourth-order valence-electron chi connectivity index (χ4n) is 20.7. The number of cyclic esters (lactones) is 1. The predicted molar refractivity (Wildman–Crippen MR) is 358 cm³/mol. The molecule has 0 radical (unpaired) electrons. The number of imidazole rings is 1. The number of H-pyrrole nitrogens is 1. The molecule has 14 aliphatic rings. The highest BCUT2D eigenvalue weighted by Gasteiger charge is 2.69. The molecule has 18 unspecified atom stereocenters. The summed E-state index contributed by atoms with van der Waals surface area (Å²) in [5.41, 5.74) is 5.16. The van der Waals surface area contributed by atoms with Crippen LogP contribution in [0.25, 0.3) is 0 Å². The molecule has 93 heavy (non-hydrogen) atoms. The number of nitrogens with one attached hydrogen (secondary N) is 4. The number of imide groups is 1. The third-order valence-corrected chi connectivity index (χ3v) is 27.5. The third kappa shape index (κ3) is 11.9. The van der Waals surface area contributed by atoms with Gasteiger partial charge in [0.1, 0.15) is 11.5 Å². The minimum absolute atomic E-state index is 0.0162. The zero-order valence-electron chi connectivity index (χ0n) is 53.7. The summed E-state index contributed by atoms with van der Waals surface area (Å²) < 4.78 is 13.6. The summed E-state index contributed by atoms with van der Waals surface area (Å²) in [5.74, 6) is 8.08. The number of carbonyl (C=O) groups excluding carboxylic acids is 4. The molecule has 2 amide bonds. The van der Waals surface area contributed by atoms with E-state index in [0.717, 1.165) is 130 Å². The molecule has 5 aliphatic heterocycles. The molecule has 15 nitrogen and oxygen atoms in total. The van der Waals surface area contributed by atoms with Crippen molar-refractivity contribution in [1.29, 1.82) is 0 Å². The second-order valence-corrected chi connectivity index (χ2v) is 32.3. The molecule has 2 aromatic rings. The normalized spacial score (nSPS) is 37.0. The number of amides is 2. The average molecular weight is 1300 g/mol. The van der Waals surface area contributed by atoms with Gasteiger partial charge in [-0.05, 0) is 202 Å². The molecule has 9 aliphatic carbocycles. The van der Waals surface area contributed by atoms with Gasteiger partial charge in [0.2, 0.25) is 0 Å². The lowest BCUT2D eigenvalue weighted by Gasteiger charge is -2.57. The minimum atomic E-state index is -1.05. The summed E-state index contributed by atoms with van der Waals surface area (Å²) in [6.07, 6.45) is 36.1. The third-order valence-electron chi connectivity index (χ3n) is 25.0. The maximum atomic E-state index is 15.9. The number of aromatic nitrogens is 2. The Morgan fingerprint density at radius 3 is 2.53 bits per heavy atom. The monoisotopic (exact) mass is 1300 g/mol. The van der Waals surface area contributed by atoms with Gasteiger partial charge < -0.3 is 45.7 Å². The molecule has 10 bridgehead atoms. The Labute approximate surface area is 555 Å². The maximum Gasteiger partial charge on any atom is 0.340 e. The van der Waals surface area contributed by atoms with Crippen LogP contribution in [0.2, 0.25) is 0 Å². The van der Waals surface area contributed by atoms with Crippen molar-refractivity contribution >= 4 is 45.3 Å². The summed E-state index contributed by atoms with van der Waals surface area (Å²) in [6, 6.07) is 10.1. The largest absolute Gasteiger partial charge is 0.427 e. The second kappa shape index (κ2) is 26.6. The average Bonchev–Trinajstić information content (AvgIpc) is 1.59. The van der Waals surface area contributed by atoms with E-state index in [9.17, 15) is 24.9 Å². The van der Waals surface area contributed by atoms with Gasteiger partial charge in [-0.15, -0.1) is 0 Å². The first-order valence-corrected chi connectivity index (χ1v) is 37.7. The van der Waals surface area contributed by atoms with Crippen LogP contribution in [-0.2, 0) is 41.5 Å². The Balaban J connectivity index is 0.873. The van der Waals surface area contributed by atoms with Crippen molar-refractivity contribution in [2.45, 2.75) is 153 Å². The molecular weight excluding hydrogens is 1210 g/mol. The first-order valence-electron chi connectivity index (χ1n) is 35.4. The lowest BCUT2D eigenvalue weighted by atomic mass is 9.43. The van der Waals surface area contributed by atoms with Gasteiger partial charge in [0.05, 0.1) is 46.6 Å². The summed E-state index contributed by atoms with van der Waals surface area (Å²) in [4.78, 5) is 67.7. The number of esters is 2. The van der Waals surface area contributed by atoms with Gasteiger partial charge in [0.15, 0.2) is 0 Å². The van der Waals surface area contributed by atoms with Crippen LogP contribution in [0.1, 0.15) is 134 Å². The fraction of sp³-hybridized carbons (Fsp3) is 0.592. The van der Waals surface area contributed by atoms with Gasteiger partial charge in [-0.3, -0.25) is 14.5 Å². The predicted octanol–water partition coefficient (Wildman–Crippen LogP) is 10.8. The number of ether oxygens (including phenoxy) is 2. The molecule has 5 fully saturated rings. The fourth-order valence-corrected chi connectivity index (χ4v) is 23.2. The maximum absolute atomic E-state index is 15.9. The zero-order valence-corrected chi connectivity index (χ0v) is 55.3. The van der Waals surface area contributed by atoms with Crippen LogP contribution >= 0.6 is 21.6 Å². The number of rotatable bonds is 15. The second-order valence-electron chi connectivity index (χ2n) is 29.8. The van der Waals surface area contributed by atoms with Crippen molar-refractivity contribution in [3.05, 3.63) is 148 Å². The smallest absolute Gasteiger partial charge is 0.340 e. The lowest BCUT2D eigenvalue weighted by molar-refractivity contribution is -0.138. The van der Waals surface area contributed by atoms with Gasteiger partial charge in [-0.1, -0.05) is 115 Å². The van der Waals surface area contributed by atoms with Gasteiger partial charge in [0, 0.05) is 85.1 Å². The van der Waals surface area contributed by atoms with E-state index in [1.165, 1.54) is 17.1 Å². The number of aromatic amines is 1. The summed E-state index contributed by atoms with van der Waals surface area (Å²) in [5, 5.41) is 47.1. The highest BCUT2D eigenvalue weighted by molar-refractivity contribution is 8.76. The van der Waals surface area contributed by atoms with Gasteiger partial charge in [-0.2, -0.15) is 0 Å². The van der Waals surface area contributed by atoms with E-state index in [4.69, 9.17) is 9.47 Å². The van der Waals surface area contributed by atoms with Crippen LogP contribution in [0.4, 0.5) is 0 Å². The van der Waals surface area contributed by atoms with Crippen molar-refractivity contribution in [3.63, 3.8) is 0 Å². The summed E-state index contributed by atoms with van der Waals surface area (Å²) in [6.45, 7) is 3.21. The van der Waals surface area contributed by atoms with Crippen LogP contribution < -0.4 is 16.0 Å². The molecule has 16 rings (SSSR count). The SMILES string of the molecule is CCC1(C=C2OC(=O)C3=C2CCC2C4CCC5(C6=CCC(C7C8C=CC9C#CC(C(O)Cc%10ccccc%10)CC(CO)CC(C8)CC97)C(NCC(O)C7CCCCC7Cc7cnc[nH]7)SSCNC7=CC(=CCN7)C(CN7C(=O)C=CC7=O)C4=C5C(=O)O6)C32)CCCC1. The van der Waals surface area contributed by atoms with Crippen LogP contribution in [0, 0.1) is 106 Å². The molecule has 1 spiro atoms. The quantitative estimate of drug-likeness (QED) is 0.0290. The highest BCUT2D eigenvalue weighted by Crippen LogP contribution is 2.72. The molecule has 1 aromatic heterocycles. The standard InChI is InChI=1S/C76H92N6O9S2/c1-2-75(26-8-9-27-75)37-62-56-19-18-55-54-24-28-76(70(55)69(56)73(88)90-62)63-21-20-57(67-51-17-15-47-14-16-50(60(84)34-44-10-4-3-5-11-44)32-46(41-83)30-45(31-51)33-58(47)67)72(79-39-61(85)53-13-7-6-12-48(53)35-52-38-77-42-80-52)93-92-43-81-64-36-49(25-29-78-64)59(68(54)71(76)74(89)91-63)40-82-65(86)22-23-66(82)87/h3-5,10-11,15,17,21-23,25,36-38,42,45-48,50-51,53-55,57-61,67,70,72,78-79,81,83-85H,2,6-9,12-13,18-20,24,26-35,39-41,43H2,1H3,(H,77,80). The van der Waals surface area contributed by atoms with E-state index in [2.05, 4.69) is 93.3 Å². The number of dihydropyridines is 1. The number of fused-ring (bicyclic) bond motifs is 4. The number of hydrogen-bond acceptors (Lipinski definition) is 15. The molecule has 492 valence electrons. The number of allylic oxidation sites excluding steroid dienone is 7. The lowest BCUT2D eigenvalue weighted by Crippen LogP contribution is -2.54. The molecule has 6 heterocycles. The molecule has 1 aromatic carbocycles. The van der Waals surface area contributed by atoms with Crippen molar-refractivity contribution in [2.24, 2.45) is 93.7 Å². The molecule has 18 atom stereocenters. The molecule has 4 saturated carbocycles. The van der Waals surface area contributed by atoms with E-state index in [1.54, 1.807) is 27.9 Å². The van der Waals surface area contributed by atoms with Crippen LogP contribution in [0.5, 0.6) is 0 Å². The van der Waals surface area contributed by atoms with Crippen molar-refractivity contribution in [1.82, 2.24) is 30.8 Å². The van der Waals surface area contributed by atoms with Gasteiger partial charge in [0.25, 0.3) is 11.8 Å². The zero-order chi connectivity index (χ0) is 63.5. The van der Waals surface area contributed by atoms with Crippen molar-refractivity contribution in [2.75, 3.05) is 32.1 Å². The Hall–Kier alpha value is -5.87. The highest BCUT2D eigenvalue weighted by atomic mass is 33.1. The Bertz CT molecular complexity index is 3540. The Morgan fingerprint density at radius 2 is 1.72 bits per heavy atom. The molecule has 17 heteroatoms. The number of hydrogen-bond donors (Lipinski definition) is 7. The topological polar surface area (TPSA) is 215 Å². The first kappa shape index (κ1) is 63.2. The Kier molecular flexibility index (Phi) is 18.1. The number of aliphatic hydroxyl groups excluding tert-OH is 3. The van der Waals surface area contributed by atoms with E-state index in [1.807, 2.05) is 24.4 Å². The van der Waals surface area contributed by atoms with Crippen molar-refractivity contribution in [3.8, 4) is 11.8 Å². The molecule has 7 N–H and O–H groups in total. The van der Waals surface area contributed by atoms with Gasteiger partial charge in [-0.25, -0.2) is 14.6 Å². The van der Waals surface area contributed by atoms with Crippen LogP contribution in [0.15, 0.2) is 137 Å². The van der Waals surface area contributed by atoms with Crippen LogP contribution in [-0.4, -0.2) is 104 Å². The minimum Gasteiger partial charge on any atom is -0.427 e. The number of aliphatic hydroxyl groups is 3. The number of nitrogens with zero attached hydrogens (tertiary/aromatic N) is 2. The number of carbonyl (C=O) groups is 4. The van der Waals surface area contributed by atoms with Gasteiger partial charge >= 0.3 is 11.9 Å². The number of benzene rings is 1. The molecule has 1 saturated heterocycles. The van der Waals surface area contributed by atoms with E-state index in [-0.39, 0.29) is 101 Å².